The van der Waals surface area contributed by atoms with E-state index in [1.54, 1.807) is 0 Å². The molecule has 1 heterocycles. The van der Waals surface area contributed by atoms with Gasteiger partial charge in [0.1, 0.15) is 11.9 Å². The van der Waals surface area contributed by atoms with Crippen LogP contribution in [0.3, 0.4) is 0 Å². The summed E-state index contributed by atoms with van der Waals surface area (Å²) in [5, 5.41) is 22.3. The zero-order valence-electron chi connectivity index (χ0n) is 22.2. The molecule has 0 radical (unpaired) electrons. The highest BCUT2D eigenvalue weighted by molar-refractivity contribution is 5.86. The second-order valence-corrected chi connectivity index (χ2v) is 14.6. The molecule has 2 spiro atoms. The summed E-state index contributed by atoms with van der Waals surface area (Å²) in [5.74, 6) is 1.82. The second kappa shape index (κ2) is 6.98. The third-order valence-electron chi connectivity index (χ3n) is 13.2. The van der Waals surface area contributed by atoms with Crippen LogP contribution in [0.25, 0.3) is 0 Å². The molecule has 4 nitrogen and oxygen atoms in total. The molecule has 34 heavy (non-hydrogen) atoms. The highest BCUT2D eigenvalue weighted by atomic mass is 16.6. The number of Topliss-reactive ketones (excluding diaryl/α,β-unsaturated/α-hetero) is 1. The first-order valence-electron chi connectivity index (χ1n) is 14.0. The van der Waals surface area contributed by atoms with E-state index in [9.17, 15) is 15.0 Å². The third-order valence-corrected chi connectivity index (χ3v) is 13.2. The van der Waals surface area contributed by atoms with Crippen molar-refractivity contribution in [2.75, 3.05) is 0 Å². The summed E-state index contributed by atoms with van der Waals surface area (Å²) in [5.41, 5.74) is 2.09. The average molecular weight is 471 g/mol. The topological polar surface area (TPSA) is 66.8 Å². The number of carbonyl (C=O) groups is 1. The van der Waals surface area contributed by atoms with Crippen molar-refractivity contribution in [3.05, 3.63) is 11.6 Å². The highest BCUT2D eigenvalue weighted by Gasteiger charge is 2.82. The summed E-state index contributed by atoms with van der Waals surface area (Å²) in [4.78, 5) is 12.9. The Morgan fingerprint density at radius 2 is 1.59 bits per heavy atom. The minimum absolute atomic E-state index is 0.107. The molecule has 1 saturated heterocycles. The number of fused-ring (bicyclic) bond motifs is 2. The first-order chi connectivity index (χ1) is 15.8. The van der Waals surface area contributed by atoms with Gasteiger partial charge in [-0.1, -0.05) is 39.3 Å². The maximum Gasteiger partial charge on any atom is 0.161 e. The van der Waals surface area contributed by atoms with Crippen LogP contribution >= 0.6 is 0 Å². The largest absolute Gasteiger partial charge is 0.390 e. The molecule has 5 aliphatic carbocycles. The minimum atomic E-state index is -0.885. The van der Waals surface area contributed by atoms with Crippen LogP contribution in [-0.2, 0) is 9.53 Å². The van der Waals surface area contributed by atoms with Gasteiger partial charge in [0.15, 0.2) is 6.29 Å². The SMILES string of the molecule is CC(C)=C[C@@H]1OC(O)[C@@H]([C@H]2CC[C@@]3(C)[C@@H]4CC[C@H]5C(C)(C)C(=O)CC[C@@]56C[C@@]46CC[C@]23C)[C@@H]1O. The van der Waals surface area contributed by atoms with Crippen LogP contribution in [0.15, 0.2) is 11.6 Å². The zero-order chi connectivity index (χ0) is 24.5. The third kappa shape index (κ3) is 2.59. The number of aliphatic hydroxyl groups is 2. The predicted octanol–water partition coefficient (Wildman–Crippen LogP) is 5.66. The van der Waals surface area contributed by atoms with E-state index >= 15 is 0 Å². The number of ketones is 1. The first kappa shape index (κ1) is 23.7. The van der Waals surface area contributed by atoms with Gasteiger partial charge in [-0.05, 0) is 105 Å². The fourth-order valence-corrected chi connectivity index (χ4v) is 11.5. The van der Waals surface area contributed by atoms with Gasteiger partial charge in [-0.25, -0.2) is 0 Å². The van der Waals surface area contributed by atoms with E-state index in [0.29, 0.717) is 28.4 Å². The van der Waals surface area contributed by atoms with E-state index in [4.69, 9.17) is 4.74 Å². The lowest BCUT2D eigenvalue weighted by Crippen LogP contribution is -2.57. The van der Waals surface area contributed by atoms with Crippen molar-refractivity contribution in [3.63, 3.8) is 0 Å². The second-order valence-electron chi connectivity index (χ2n) is 14.6. The molecule has 6 rings (SSSR count). The Bertz CT molecular complexity index is 934. The highest BCUT2D eigenvalue weighted by Crippen LogP contribution is 2.88. The van der Waals surface area contributed by atoms with Gasteiger partial charge in [0, 0.05) is 17.8 Å². The zero-order valence-corrected chi connectivity index (χ0v) is 22.2. The lowest BCUT2D eigenvalue weighted by atomic mass is 9.42. The Balaban J connectivity index is 1.32. The minimum Gasteiger partial charge on any atom is -0.390 e. The van der Waals surface area contributed by atoms with Gasteiger partial charge >= 0.3 is 0 Å². The van der Waals surface area contributed by atoms with Crippen LogP contribution in [0.2, 0.25) is 0 Å². The number of hydrogen-bond donors (Lipinski definition) is 2. The van der Waals surface area contributed by atoms with Crippen LogP contribution in [0.4, 0.5) is 0 Å². The molecule has 0 aromatic heterocycles. The molecule has 4 heteroatoms. The average Bonchev–Trinajstić information content (AvgIpc) is 3.25. The van der Waals surface area contributed by atoms with E-state index in [1.807, 2.05) is 19.9 Å². The standard InChI is InChI=1S/C30H46O4/c1-17(2)15-19-24(32)23(25(33)34-19)18-9-11-28(6)21-8-7-20-26(3,4)22(31)10-12-29(20)16-30(21,29)14-13-27(18,28)5/h15,18-21,23-25,32-33H,7-14,16H2,1-6H3/t18-,19+,20+,21+,23+,24-,25?,27-,28+,29-,30+/m1/s1. The first-order valence-corrected chi connectivity index (χ1v) is 14.0. The van der Waals surface area contributed by atoms with Crippen molar-refractivity contribution in [2.45, 2.75) is 118 Å². The molecule has 1 aliphatic heterocycles. The van der Waals surface area contributed by atoms with Gasteiger partial charge in [0.2, 0.25) is 0 Å². The van der Waals surface area contributed by atoms with E-state index in [-0.39, 0.29) is 28.1 Å². The van der Waals surface area contributed by atoms with Crippen molar-refractivity contribution in [2.24, 2.45) is 50.7 Å². The summed E-state index contributed by atoms with van der Waals surface area (Å²) in [6, 6.07) is 0. The van der Waals surface area contributed by atoms with Gasteiger partial charge < -0.3 is 14.9 Å². The molecule has 0 aromatic rings. The summed E-state index contributed by atoms with van der Waals surface area (Å²) < 4.78 is 5.90. The van der Waals surface area contributed by atoms with Crippen molar-refractivity contribution in [1.29, 1.82) is 0 Å². The maximum atomic E-state index is 12.9. The van der Waals surface area contributed by atoms with Crippen LogP contribution in [-0.4, -0.2) is 34.5 Å². The summed E-state index contributed by atoms with van der Waals surface area (Å²) >= 11 is 0. The monoisotopic (exact) mass is 470 g/mol. The molecule has 11 atom stereocenters. The Morgan fingerprint density at radius 3 is 2.29 bits per heavy atom. The van der Waals surface area contributed by atoms with Crippen LogP contribution in [0.5, 0.6) is 0 Å². The molecule has 6 aliphatic rings. The fourth-order valence-electron chi connectivity index (χ4n) is 11.5. The van der Waals surface area contributed by atoms with Gasteiger partial charge in [0.25, 0.3) is 0 Å². The molecule has 0 amide bonds. The Kier molecular flexibility index (Phi) is 4.86. The van der Waals surface area contributed by atoms with E-state index < -0.39 is 18.5 Å². The van der Waals surface area contributed by atoms with E-state index in [1.165, 1.54) is 38.5 Å². The molecule has 1 unspecified atom stereocenters. The predicted molar refractivity (Wildman–Crippen MR) is 132 cm³/mol. The molecule has 6 fully saturated rings. The van der Waals surface area contributed by atoms with Crippen LogP contribution in [0.1, 0.15) is 99.3 Å². The van der Waals surface area contributed by atoms with Gasteiger partial charge in [-0.2, -0.15) is 0 Å². The lowest BCUT2D eigenvalue weighted by molar-refractivity contribution is -0.166. The molecule has 0 bridgehead atoms. The van der Waals surface area contributed by atoms with Gasteiger partial charge in [-0.15, -0.1) is 0 Å². The molecule has 190 valence electrons. The Labute approximate surface area is 205 Å². The van der Waals surface area contributed by atoms with Crippen LogP contribution in [0, 0.1) is 50.7 Å². The number of carbonyl (C=O) groups excluding carboxylic acids is 1. The summed E-state index contributed by atoms with van der Waals surface area (Å²) in [6.45, 7) is 13.6. The number of allylic oxidation sites excluding steroid dienone is 1. The summed E-state index contributed by atoms with van der Waals surface area (Å²) in [7, 11) is 0. The van der Waals surface area contributed by atoms with Crippen molar-refractivity contribution in [3.8, 4) is 0 Å². The molecular weight excluding hydrogens is 424 g/mol. The smallest absolute Gasteiger partial charge is 0.161 e. The Hall–Kier alpha value is -0.710. The molecule has 2 N–H and O–H groups in total. The normalized spacial score (nSPS) is 57.3. The molecule has 0 aromatic carbocycles. The van der Waals surface area contributed by atoms with Gasteiger partial charge in [0.05, 0.1) is 6.10 Å². The Morgan fingerprint density at radius 1 is 0.912 bits per heavy atom. The number of hydrogen-bond acceptors (Lipinski definition) is 4. The van der Waals surface area contributed by atoms with Crippen molar-refractivity contribution in [1.82, 2.24) is 0 Å². The number of rotatable bonds is 2. The lowest BCUT2D eigenvalue weighted by Gasteiger charge is -2.62. The van der Waals surface area contributed by atoms with Crippen molar-refractivity contribution < 1.29 is 19.7 Å². The quantitative estimate of drug-likeness (QED) is 0.512. The van der Waals surface area contributed by atoms with E-state index in [2.05, 4.69) is 27.7 Å². The van der Waals surface area contributed by atoms with Crippen molar-refractivity contribution >= 4 is 5.78 Å². The molecular formula is C30H46O4. The number of aliphatic hydroxyl groups excluding tert-OH is 2. The van der Waals surface area contributed by atoms with E-state index in [0.717, 1.165) is 24.8 Å². The van der Waals surface area contributed by atoms with Gasteiger partial charge in [-0.3, -0.25) is 4.79 Å². The number of ether oxygens (including phenoxy) is 1. The maximum absolute atomic E-state index is 12.9. The fraction of sp³-hybridized carbons (Fsp3) is 0.900. The van der Waals surface area contributed by atoms with Crippen LogP contribution < -0.4 is 0 Å². The summed E-state index contributed by atoms with van der Waals surface area (Å²) in [6.07, 6.45) is 10.4. The molecule has 5 saturated carbocycles.